The van der Waals surface area contributed by atoms with Crippen molar-refractivity contribution in [3.8, 4) is 0 Å². The number of carbonyl (C=O) groups excluding carboxylic acids is 1. The Balaban J connectivity index is 1.54. The number of methoxy groups -OCH3 is 1. The number of pyridine rings is 1. The van der Waals surface area contributed by atoms with Crippen LogP contribution in [-0.2, 0) is 9.53 Å². The van der Waals surface area contributed by atoms with E-state index in [4.69, 9.17) is 4.74 Å². The van der Waals surface area contributed by atoms with E-state index < -0.39 is 0 Å². The lowest BCUT2D eigenvalue weighted by molar-refractivity contribution is -0.142. The van der Waals surface area contributed by atoms with Crippen molar-refractivity contribution in [3.05, 3.63) is 48.2 Å². The SMILES string of the molecule is COC(=O)CN1CCC(Nc2cc(Nc3cccc(C)c3)ccn2)CC1. The van der Waals surface area contributed by atoms with Gasteiger partial charge in [0.15, 0.2) is 0 Å². The molecule has 1 aromatic heterocycles. The van der Waals surface area contributed by atoms with E-state index in [0.717, 1.165) is 43.1 Å². The number of esters is 1. The summed E-state index contributed by atoms with van der Waals surface area (Å²) in [6, 6.07) is 12.7. The van der Waals surface area contributed by atoms with E-state index in [1.54, 1.807) is 0 Å². The number of benzene rings is 1. The summed E-state index contributed by atoms with van der Waals surface area (Å²) in [6.45, 7) is 4.22. The van der Waals surface area contributed by atoms with Gasteiger partial charge in [0, 0.05) is 42.8 Å². The van der Waals surface area contributed by atoms with Gasteiger partial charge < -0.3 is 15.4 Å². The Morgan fingerprint density at radius 1 is 1.23 bits per heavy atom. The second-order valence-corrected chi connectivity index (χ2v) is 6.70. The van der Waals surface area contributed by atoms with E-state index >= 15 is 0 Å². The molecule has 6 heteroatoms. The number of hydrogen-bond donors (Lipinski definition) is 2. The van der Waals surface area contributed by atoms with Crippen LogP contribution < -0.4 is 10.6 Å². The molecule has 1 fully saturated rings. The van der Waals surface area contributed by atoms with E-state index in [9.17, 15) is 4.79 Å². The lowest BCUT2D eigenvalue weighted by atomic mass is 10.1. The van der Waals surface area contributed by atoms with E-state index in [1.165, 1.54) is 12.7 Å². The zero-order valence-electron chi connectivity index (χ0n) is 15.4. The van der Waals surface area contributed by atoms with Crippen molar-refractivity contribution in [2.24, 2.45) is 0 Å². The number of piperidine rings is 1. The Labute approximate surface area is 154 Å². The van der Waals surface area contributed by atoms with Gasteiger partial charge in [-0.1, -0.05) is 12.1 Å². The standard InChI is InChI=1S/C20H26N4O2/c1-15-4-3-5-17(12-15)22-18-6-9-21-19(13-18)23-16-7-10-24(11-8-16)14-20(25)26-2/h3-6,9,12-13,16H,7-8,10-11,14H2,1-2H3,(H2,21,22,23). The maximum absolute atomic E-state index is 11.4. The first-order valence-corrected chi connectivity index (χ1v) is 8.98. The molecule has 3 rings (SSSR count). The second kappa shape index (κ2) is 8.67. The molecule has 0 amide bonds. The lowest BCUT2D eigenvalue weighted by Crippen LogP contribution is -2.41. The van der Waals surface area contributed by atoms with Crippen molar-refractivity contribution in [3.63, 3.8) is 0 Å². The molecule has 2 aromatic rings. The number of aryl methyl sites for hydroxylation is 1. The van der Waals surface area contributed by atoms with Gasteiger partial charge in [-0.2, -0.15) is 0 Å². The molecule has 0 saturated carbocycles. The molecular weight excluding hydrogens is 328 g/mol. The molecule has 1 aliphatic rings. The summed E-state index contributed by atoms with van der Waals surface area (Å²) in [4.78, 5) is 17.9. The number of likely N-dealkylation sites (tertiary alicyclic amines) is 1. The number of carbonyl (C=O) groups is 1. The fraction of sp³-hybridized carbons (Fsp3) is 0.400. The molecule has 0 bridgehead atoms. The van der Waals surface area contributed by atoms with Crippen molar-refractivity contribution >= 4 is 23.2 Å². The normalized spacial score (nSPS) is 15.5. The topological polar surface area (TPSA) is 66.5 Å². The second-order valence-electron chi connectivity index (χ2n) is 6.70. The monoisotopic (exact) mass is 354 g/mol. The third-order valence-electron chi connectivity index (χ3n) is 4.59. The third kappa shape index (κ3) is 5.20. The molecular formula is C20H26N4O2. The zero-order valence-corrected chi connectivity index (χ0v) is 15.4. The summed E-state index contributed by atoms with van der Waals surface area (Å²) in [5.41, 5.74) is 3.30. The molecule has 138 valence electrons. The van der Waals surface area contributed by atoms with Gasteiger partial charge in [0.1, 0.15) is 5.82 Å². The molecule has 1 aromatic carbocycles. The minimum atomic E-state index is -0.173. The number of aromatic nitrogens is 1. The molecule has 0 radical (unpaired) electrons. The molecule has 26 heavy (non-hydrogen) atoms. The van der Waals surface area contributed by atoms with Crippen molar-refractivity contribution < 1.29 is 9.53 Å². The smallest absolute Gasteiger partial charge is 0.319 e. The van der Waals surface area contributed by atoms with Crippen LogP contribution in [0.5, 0.6) is 0 Å². The Hall–Kier alpha value is -2.60. The predicted octanol–water partition coefficient (Wildman–Crippen LogP) is 3.18. The molecule has 2 heterocycles. The van der Waals surface area contributed by atoms with Crippen LogP contribution in [0.2, 0.25) is 0 Å². The van der Waals surface area contributed by atoms with E-state index in [-0.39, 0.29) is 5.97 Å². The number of nitrogens with zero attached hydrogens (tertiary/aromatic N) is 2. The first kappa shape index (κ1) is 18.2. The highest BCUT2D eigenvalue weighted by molar-refractivity contribution is 5.71. The summed E-state index contributed by atoms with van der Waals surface area (Å²) in [5, 5.41) is 6.93. The quantitative estimate of drug-likeness (QED) is 0.777. The van der Waals surface area contributed by atoms with Crippen molar-refractivity contribution in [1.29, 1.82) is 0 Å². The number of ether oxygens (including phenoxy) is 1. The fourth-order valence-corrected chi connectivity index (χ4v) is 3.17. The first-order valence-electron chi connectivity index (χ1n) is 8.98. The Bertz CT molecular complexity index is 742. The van der Waals surface area contributed by atoms with Crippen molar-refractivity contribution in [2.45, 2.75) is 25.8 Å². The van der Waals surface area contributed by atoms with Crippen LogP contribution >= 0.6 is 0 Å². The van der Waals surface area contributed by atoms with Crippen LogP contribution in [0.15, 0.2) is 42.6 Å². The summed E-state index contributed by atoms with van der Waals surface area (Å²) < 4.78 is 4.73. The molecule has 0 spiro atoms. The highest BCUT2D eigenvalue weighted by Crippen LogP contribution is 2.21. The molecule has 2 N–H and O–H groups in total. The molecule has 0 aliphatic carbocycles. The number of anilines is 3. The summed E-state index contributed by atoms with van der Waals surface area (Å²) >= 11 is 0. The number of rotatable bonds is 6. The average Bonchev–Trinajstić information content (AvgIpc) is 2.63. The highest BCUT2D eigenvalue weighted by atomic mass is 16.5. The summed E-state index contributed by atoms with van der Waals surface area (Å²) in [7, 11) is 1.43. The Kier molecular flexibility index (Phi) is 6.07. The van der Waals surface area contributed by atoms with Crippen LogP contribution in [0.25, 0.3) is 0 Å². The van der Waals surface area contributed by atoms with Gasteiger partial charge in [0.2, 0.25) is 0 Å². The van der Waals surface area contributed by atoms with Crippen LogP contribution in [0.3, 0.4) is 0 Å². The highest BCUT2D eigenvalue weighted by Gasteiger charge is 2.21. The van der Waals surface area contributed by atoms with Gasteiger partial charge in [-0.25, -0.2) is 4.98 Å². The van der Waals surface area contributed by atoms with E-state index in [2.05, 4.69) is 45.6 Å². The Morgan fingerprint density at radius 3 is 2.73 bits per heavy atom. The third-order valence-corrected chi connectivity index (χ3v) is 4.59. The van der Waals surface area contributed by atoms with Crippen LogP contribution in [0, 0.1) is 6.92 Å². The maximum atomic E-state index is 11.4. The number of nitrogens with one attached hydrogen (secondary N) is 2. The average molecular weight is 354 g/mol. The van der Waals surface area contributed by atoms with Crippen LogP contribution in [0.1, 0.15) is 18.4 Å². The maximum Gasteiger partial charge on any atom is 0.319 e. The van der Waals surface area contributed by atoms with E-state index in [0.29, 0.717) is 12.6 Å². The van der Waals surface area contributed by atoms with Gasteiger partial charge >= 0.3 is 5.97 Å². The van der Waals surface area contributed by atoms with Gasteiger partial charge in [0.25, 0.3) is 0 Å². The molecule has 6 nitrogen and oxygen atoms in total. The summed E-state index contributed by atoms with van der Waals surface area (Å²) in [6.07, 6.45) is 3.77. The summed E-state index contributed by atoms with van der Waals surface area (Å²) in [5.74, 6) is 0.696. The predicted molar refractivity (Wildman–Crippen MR) is 104 cm³/mol. The Morgan fingerprint density at radius 2 is 2.00 bits per heavy atom. The zero-order chi connectivity index (χ0) is 18.4. The molecule has 1 aliphatic heterocycles. The molecule has 1 saturated heterocycles. The van der Waals surface area contributed by atoms with Gasteiger partial charge in [-0.3, -0.25) is 9.69 Å². The van der Waals surface area contributed by atoms with Crippen molar-refractivity contribution in [1.82, 2.24) is 9.88 Å². The van der Waals surface area contributed by atoms with Crippen LogP contribution in [-0.4, -0.2) is 48.6 Å². The van der Waals surface area contributed by atoms with E-state index in [1.807, 2.05) is 24.4 Å². The van der Waals surface area contributed by atoms with Crippen molar-refractivity contribution in [2.75, 3.05) is 37.4 Å². The first-order chi connectivity index (χ1) is 12.6. The van der Waals surface area contributed by atoms with Crippen LogP contribution in [0.4, 0.5) is 17.2 Å². The lowest BCUT2D eigenvalue weighted by Gasteiger charge is -2.31. The van der Waals surface area contributed by atoms with Gasteiger partial charge in [-0.15, -0.1) is 0 Å². The number of hydrogen-bond acceptors (Lipinski definition) is 6. The minimum absolute atomic E-state index is 0.173. The fourth-order valence-electron chi connectivity index (χ4n) is 3.17. The minimum Gasteiger partial charge on any atom is -0.468 e. The largest absolute Gasteiger partial charge is 0.468 e. The molecule has 0 atom stereocenters. The van der Waals surface area contributed by atoms with Gasteiger partial charge in [-0.05, 0) is 43.5 Å². The van der Waals surface area contributed by atoms with Gasteiger partial charge in [0.05, 0.1) is 13.7 Å². The molecule has 0 unspecified atom stereocenters.